The molecule has 1 N–H and O–H groups in total. The van der Waals surface area contributed by atoms with Crippen molar-refractivity contribution >= 4 is 33.2 Å². The van der Waals surface area contributed by atoms with Crippen LogP contribution < -0.4 is 0 Å². The lowest BCUT2D eigenvalue weighted by atomic mass is 10.1. The van der Waals surface area contributed by atoms with E-state index >= 15 is 0 Å². The van der Waals surface area contributed by atoms with Crippen LogP contribution in [0.15, 0.2) is 39.5 Å². The van der Waals surface area contributed by atoms with Crippen LogP contribution in [-0.4, -0.2) is 11.1 Å². The molecule has 1 aromatic carbocycles. The zero-order valence-electron chi connectivity index (χ0n) is 7.61. The largest absolute Gasteiger partial charge is 0.478 e. The number of carboxylic acids is 1. The number of benzene rings is 1. The summed E-state index contributed by atoms with van der Waals surface area (Å²) in [5.41, 5.74) is 2.43. The molecule has 0 radical (unpaired) electrons. The zero-order chi connectivity index (χ0) is 10.8. The maximum atomic E-state index is 10.7. The van der Waals surface area contributed by atoms with Gasteiger partial charge in [0.1, 0.15) is 0 Å². The van der Waals surface area contributed by atoms with E-state index in [0.717, 1.165) is 15.6 Å². The summed E-state index contributed by atoms with van der Waals surface area (Å²) >= 11 is 5.05. The molecule has 0 fully saturated rings. The van der Waals surface area contributed by atoms with Crippen molar-refractivity contribution in [2.45, 2.75) is 0 Å². The molecule has 2 rings (SSSR count). The molecular formula is C11H7BrO2S. The first kappa shape index (κ1) is 10.4. The van der Waals surface area contributed by atoms with E-state index < -0.39 is 5.97 Å². The minimum Gasteiger partial charge on any atom is -0.478 e. The van der Waals surface area contributed by atoms with Crippen LogP contribution in [0.4, 0.5) is 0 Å². The van der Waals surface area contributed by atoms with Crippen LogP contribution in [0.2, 0.25) is 0 Å². The van der Waals surface area contributed by atoms with Crippen molar-refractivity contribution in [2.75, 3.05) is 0 Å². The maximum Gasteiger partial charge on any atom is 0.335 e. The van der Waals surface area contributed by atoms with Gasteiger partial charge in [0.05, 0.1) is 5.56 Å². The fraction of sp³-hybridized carbons (Fsp3) is 0. The molecule has 76 valence electrons. The van der Waals surface area contributed by atoms with Gasteiger partial charge in [0.15, 0.2) is 0 Å². The van der Waals surface area contributed by atoms with E-state index in [9.17, 15) is 4.79 Å². The van der Waals surface area contributed by atoms with E-state index in [4.69, 9.17) is 5.11 Å². The maximum absolute atomic E-state index is 10.7. The average Bonchev–Trinajstić information content (AvgIpc) is 2.65. The highest BCUT2D eigenvalue weighted by Crippen LogP contribution is 2.31. The first-order chi connectivity index (χ1) is 7.18. The Kier molecular flexibility index (Phi) is 2.88. The molecule has 0 unspecified atom stereocenters. The summed E-state index contributed by atoms with van der Waals surface area (Å²) in [6, 6.07) is 6.86. The molecule has 0 aliphatic heterocycles. The second kappa shape index (κ2) is 4.16. The molecule has 0 saturated carbocycles. The number of hydrogen-bond acceptors (Lipinski definition) is 2. The smallest absolute Gasteiger partial charge is 0.335 e. The van der Waals surface area contributed by atoms with Crippen molar-refractivity contribution in [3.8, 4) is 11.1 Å². The van der Waals surface area contributed by atoms with Crippen molar-refractivity contribution in [3.63, 3.8) is 0 Å². The molecule has 15 heavy (non-hydrogen) atoms. The van der Waals surface area contributed by atoms with Crippen LogP contribution in [0.25, 0.3) is 11.1 Å². The molecule has 0 bridgehead atoms. The number of hydrogen-bond donors (Lipinski definition) is 1. The van der Waals surface area contributed by atoms with E-state index in [2.05, 4.69) is 15.9 Å². The lowest BCUT2D eigenvalue weighted by molar-refractivity contribution is 0.0697. The molecule has 0 atom stereocenters. The predicted molar refractivity (Wildman–Crippen MR) is 64.4 cm³/mol. The highest BCUT2D eigenvalue weighted by atomic mass is 79.9. The number of thiophene rings is 1. The Balaban J connectivity index is 2.40. The fourth-order valence-electron chi connectivity index (χ4n) is 1.28. The standard InChI is InChI=1S/C11H7BrO2S/c12-10-6-15-5-9(10)7-1-3-8(4-2-7)11(13)14/h1-6H,(H,13,14). The third kappa shape index (κ3) is 2.11. The van der Waals surface area contributed by atoms with Crippen LogP contribution in [0, 0.1) is 0 Å². The second-order valence-electron chi connectivity index (χ2n) is 3.02. The third-order valence-corrected chi connectivity index (χ3v) is 3.76. The molecule has 4 heteroatoms. The Hall–Kier alpha value is -1.13. The van der Waals surface area contributed by atoms with Crippen LogP contribution in [0.5, 0.6) is 0 Å². The highest BCUT2D eigenvalue weighted by molar-refractivity contribution is 9.10. The Morgan fingerprint density at radius 1 is 1.20 bits per heavy atom. The molecule has 0 aliphatic carbocycles. The Bertz CT molecular complexity index is 488. The molecule has 0 spiro atoms. The van der Waals surface area contributed by atoms with Crippen molar-refractivity contribution in [2.24, 2.45) is 0 Å². The van der Waals surface area contributed by atoms with Crippen LogP contribution >= 0.6 is 27.3 Å². The summed E-state index contributed by atoms with van der Waals surface area (Å²) in [6.45, 7) is 0. The van der Waals surface area contributed by atoms with Crippen LogP contribution in [0.3, 0.4) is 0 Å². The van der Waals surface area contributed by atoms with Gasteiger partial charge in [-0.15, -0.1) is 0 Å². The number of rotatable bonds is 2. The lowest BCUT2D eigenvalue weighted by Gasteiger charge is -2.00. The van der Waals surface area contributed by atoms with E-state index in [-0.39, 0.29) is 0 Å². The SMILES string of the molecule is O=C(O)c1ccc(-c2cscc2Br)cc1. The summed E-state index contributed by atoms with van der Waals surface area (Å²) in [7, 11) is 0. The van der Waals surface area contributed by atoms with Gasteiger partial charge in [0, 0.05) is 15.4 Å². The molecule has 0 saturated heterocycles. The minimum atomic E-state index is -0.897. The first-order valence-corrected chi connectivity index (χ1v) is 5.97. The predicted octanol–water partition coefficient (Wildman–Crippen LogP) is 3.88. The quantitative estimate of drug-likeness (QED) is 0.908. The van der Waals surface area contributed by atoms with Crippen molar-refractivity contribution < 1.29 is 9.90 Å². The summed E-state index contributed by atoms with van der Waals surface area (Å²) in [4.78, 5) is 10.7. The van der Waals surface area contributed by atoms with Gasteiger partial charge in [-0.1, -0.05) is 12.1 Å². The molecule has 1 aromatic heterocycles. The van der Waals surface area contributed by atoms with Gasteiger partial charge in [-0.25, -0.2) is 4.79 Å². The van der Waals surface area contributed by atoms with Gasteiger partial charge in [0.2, 0.25) is 0 Å². The first-order valence-electron chi connectivity index (χ1n) is 4.24. The molecular weight excluding hydrogens is 276 g/mol. The van der Waals surface area contributed by atoms with E-state index in [1.165, 1.54) is 0 Å². The van der Waals surface area contributed by atoms with Crippen molar-refractivity contribution in [1.82, 2.24) is 0 Å². The molecule has 0 amide bonds. The molecule has 0 aliphatic rings. The number of aromatic carboxylic acids is 1. The Morgan fingerprint density at radius 3 is 2.33 bits per heavy atom. The number of halogens is 1. The summed E-state index contributed by atoms with van der Waals surface area (Å²) in [6.07, 6.45) is 0. The van der Waals surface area contributed by atoms with Crippen LogP contribution in [-0.2, 0) is 0 Å². The summed E-state index contributed by atoms with van der Waals surface area (Å²) in [5, 5.41) is 12.8. The van der Waals surface area contributed by atoms with Gasteiger partial charge in [-0.2, -0.15) is 11.3 Å². The van der Waals surface area contributed by atoms with Crippen molar-refractivity contribution in [3.05, 3.63) is 45.1 Å². The van der Waals surface area contributed by atoms with E-state index in [1.807, 2.05) is 22.9 Å². The number of carboxylic acid groups (broad SMARTS) is 1. The zero-order valence-corrected chi connectivity index (χ0v) is 10.0. The van der Waals surface area contributed by atoms with Gasteiger partial charge in [-0.3, -0.25) is 0 Å². The van der Waals surface area contributed by atoms with Gasteiger partial charge < -0.3 is 5.11 Å². The van der Waals surface area contributed by atoms with Gasteiger partial charge >= 0.3 is 5.97 Å². The lowest BCUT2D eigenvalue weighted by Crippen LogP contribution is -1.94. The fourth-order valence-corrected chi connectivity index (χ4v) is 2.81. The van der Waals surface area contributed by atoms with E-state index in [0.29, 0.717) is 5.56 Å². The molecule has 2 aromatic rings. The Labute approximate surface area is 99.3 Å². The summed E-state index contributed by atoms with van der Waals surface area (Å²) < 4.78 is 1.04. The monoisotopic (exact) mass is 282 g/mol. The average molecular weight is 283 g/mol. The van der Waals surface area contributed by atoms with E-state index in [1.54, 1.807) is 23.5 Å². The molecule has 2 nitrogen and oxygen atoms in total. The third-order valence-electron chi connectivity index (χ3n) is 2.06. The number of carbonyl (C=O) groups is 1. The van der Waals surface area contributed by atoms with Gasteiger partial charge in [-0.05, 0) is 39.0 Å². The van der Waals surface area contributed by atoms with Crippen LogP contribution in [0.1, 0.15) is 10.4 Å². The normalized spacial score (nSPS) is 10.2. The Morgan fingerprint density at radius 2 is 1.87 bits per heavy atom. The second-order valence-corrected chi connectivity index (χ2v) is 4.61. The highest BCUT2D eigenvalue weighted by Gasteiger charge is 2.06. The minimum absolute atomic E-state index is 0.310. The molecule has 1 heterocycles. The van der Waals surface area contributed by atoms with Crippen molar-refractivity contribution in [1.29, 1.82) is 0 Å². The van der Waals surface area contributed by atoms with Gasteiger partial charge in [0.25, 0.3) is 0 Å². The summed E-state index contributed by atoms with van der Waals surface area (Å²) in [5.74, 6) is -0.897. The topological polar surface area (TPSA) is 37.3 Å².